The third kappa shape index (κ3) is 1.91. The van der Waals surface area contributed by atoms with E-state index in [0.717, 1.165) is 11.8 Å². The quantitative estimate of drug-likeness (QED) is 0.619. The first-order valence-electron chi connectivity index (χ1n) is 4.67. The van der Waals surface area contributed by atoms with Gasteiger partial charge in [-0.25, -0.2) is 4.39 Å². The Bertz CT molecular complexity index is 523. The average molecular weight is 216 g/mol. The van der Waals surface area contributed by atoms with E-state index in [4.69, 9.17) is 5.73 Å². The monoisotopic (exact) mass is 216 g/mol. The number of benzene rings is 1. The first-order valence-corrected chi connectivity index (χ1v) is 4.67. The van der Waals surface area contributed by atoms with Crippen LogP contribution in [-0.2, 0) is 0 Å². The van der Waals surface area contributed by atoms with Crippen LogP contribution in [0, 0.1) is 5.82 Å². The molecule has 80 valence electrons. The number of aromatic nitrogens is 1. The van der Waals surface area contributed by atoms with E-state index in [9.17, 15) is 9.18 Å². The van der Waals surface area contributed by atoms with Crippen LogP contribution in [0.2, 0.25) is 0 Å². The Balaban J connectivity index is 2.42. The third-order valence-corrected chi connectivity index (χ3v) is 2.21. The van der Waals surface area contributed by atoms with Crippen molar-refractivity contribution < 1.29 is 9.18 Å². The molecule has 16 heavy (non-hydrogen) atoms. The number of rotatable bonds is 2. The number of hydrogen-bond acceptors (Lipinski definition) is 3. The molecule has 0 spiro atoms. The lowest BCUT2D eigenvalue weighted by Gasteiger charge is -2.02. The highest BCUT2D eigenvalue weighted by atomic mass is 19.1. The molecule has 0 saturated carbocycles. The number of nitrogen functional groups attached to an aromatic ring is 1. The van der Waals surface area contributed by atoms with E-state index < -0.39 is 5.82 Å². The number of carbonyl (C=O) groups is 1. The number of anilines is 1. The van der Waals surface area contributed by atoms with Crippen molar-refractivity contribution in [2.75, 3.05) is 5.73 Å². The van der Waals surface area contributed by atoms with Gasteiger partial charge < -0.3 is 5.73 Å². The first kappa shape index (κ1) is 10.3. The van der Waals surface area contributed by atoms with Crippen molar-refractivity contribution in [3.05, 3.63) is 47.9 Å². The fourth-order valence-corrected chi connectivity index (χ4v) is 1.35. The van der Waals surface area contributed by atoms with Crippen molar-refractivity contribution in [2.24, 2.45) is 0 Å². The van der Waals surface area contributed by atoms with Gasteiger partial charge in [0.25, 0.3) is 0 Å². The van der Waals surface area contributed by atoms with Crippen LogP contribution in [0.4, 0.5) is 10.1 Å². The van der Waals surface area contributed by atoms with Crippen LogP contribution in [-0.4, -0.2) is 11.3 Å². The summed E-state index contributed by atoms with van der Waals surface area (Å²) >= 11 is 0. The van der Waals surface area contributed by atoms with Gasteiger partial charge in [0.2, 0.25) is 0 Å². The number of pyridine rings is 1. The summed E-state index contributed by atoms with van der Waals surface area (Å²) < 4.78 is 12.9. The minimum absolute atomic E-state index is 0.0822. The highest BCUT2D eigenvalue weighted by Crippen LogP contribution is 2.21. The molecule has 0 atom stereocenters. The normalized spacial score (nSPS) is 10.1. The van der Waals surface area contributed by atoms with Crippen LogP contribution < -0.4 is 5.73 Å². The molecule has 3 nitrogen and oxygen atoms in total. The summed E-state index contributed by atoms with van der Waals surface area (Å²) in [5.74, 6) is -0.451. The third-order valence-electron chi connectivity index (χ3n) is 2.21. The topological polar surface area (TPSA) is 56.0 Å². The molecule has 2 N–H and O–H groups in total. The van der Waals surface area contributed by atoms with Gasteiger partial charge >= 0.3 is 0 Å². The van der Waals surface area contributed by atoms with Gasteiger partial charge in [0, 0.05) is 17.3 Å². The molecular formula is C12H9FN2O. The van der Waals surface area contributed by atoms with E-state index in [0.29, 0.717) is 11.3 Å². The largest absolute Gasteiger partial charge is 0.396 e. The predicted octanol–water partition coefficient (Wildman–Crippen LogP) is 2.28. The Labute approximate surface area is 91.7 Å². The second-order valence-electron chi connectivity index (χ2n) is 3.33. The van der Waals surface area contributed by atoms with Crippen LogP contribution in [0.5, 0.6) is 0 Å². The van der Waals surface area contributed by atoms with Gasteiger partial charge in [-0.2, -0.15) is 0 Å². The maximum Gasteiger partial charge on any atom is 0.151 e. The highest BCUT2D eigenvalue weighted by Gasteiger charge is 2.03. The summed E-state index contributed by atoms with van der Waals surface area (Å²) in [6, 6.07) is 7.73. The van der Waals surface area contributed by atoms with Crippen LogP contribution in [0.15, 0.2) is 36.5 Å². The lowest BCUT2D eigenvalue weighted by atomic mass is 10.1. The molecule has 0 aliphatic rings. The summed E-state index contributed by atoms with van der Waals surface area (Å²) in [7, 11) is 0. The van der Waals surface area contributed by atoms with Crippen molar-refractivity contribution in [3.63, 3.8) is 0 Å². The SMILES string of the molecule is Nc1cc(-c2ccc(C=O)cn2)ccc1F. The lowest BCUT2D eigenvalue weighted by molar-refractivity contribution is 0.112. The first-order chi connectivity index (χ1) is 7.70. The molecule has 2 rings (SSSR count). The molecule has 2 aromatic rings. The molecule has 1 heterocycles. The summed E-state index contributed by atoms with van der Waals surface area (Å²) in [5.41, 5.74) is 7.41. The van der Waals surface area contributed by atoms with Gasteiger partial charge in [0.15, 0.2) is 6.29 Å². The summed E-state index contributed by atoms with van der Waals surface area (Å²) in [5, 5.41) is 0. The molecule has 0 aliphatic heterocycles. The van der Waals surface area contributed by atoms with Crippen molar-refractivity contribution in [1.29, 1.82) is 0 Å². The summed E-state index contributed by atoms with van der Waals surface area (Å²) in [4.78, 5) is 14.5. The van der Waals surface area contributed by atoms with Gasteiger partial charge in [-0.05, 0) is 30.3 Å². The van der Waals surface area contributed by atoms with Gasteiger partial charge in [-0.1, -0.05) is 0 Å². The molecular weight excluding hydrogens is 207 g/mol. The summed E-state index contributed by atoms with van der Waals surface area (Å²) in [6.45, 7) is 0. The van der Waals surface area contributed by atoms with E-state index in [1.165, 1.54) is 18.3 Å². The van der Waals surface area contributed by atoms with Crippen LogP contribution >= 0.6 is 0 Å². The van der Waals surface area contributed by atoms with Crippen LogP contribution in [0.25, 0.3) is 11.3 Å². The molecule has 1 aromatic heterocycles. The highest BCUT2D eigenvalue weighted by molar-refractivity contribution is 5.75. The number of halogens is 1. The number of nitrogens with two attached hydrogens (primary N) is 1. The zero-order valence-electron chi connectivity index (χ0n) is 8.35. The molecule has 4 heteroatoms. The minimum atomic E-state index is -0.451. The van der Waals surface area contributed by atoms with E-state index in [1.807, 2.05) is 0 Å². The maximum atomic E-state index is 12.9. The number of hydrogen-bond donors (Lipinski definition) is 1. The Hall–Kier alpha value is -2.23. The van der Waals surface area contributed by atoms with Gasteiger partial charge in [0.05, 0.1) is 11.4 Å². The second kappa shape index (κ2) is 4.10. The fourth-order valence-electron chi connectivity index (χ4n) is 1.35. The Kier molecular flexibility index (Phi) is 2.64. The Morgan fingerprint density at radius 3 is 2.62 bits per heavy atom. The zero-order valence-corrected chi connectivity index (χ0v) is 8.35. The van der Waals surface area contributed by atoms with Crippen molar-refractivity contribution in [1.82, 2.24) is 4.98 Å². The minimum Gasteiger partial charge on any atom is -0.396 e. The van der Waals surface area contributed by atoms with Crippen molar-refractivity contribution in [3.8, 4) is 11.3 Å². The van der Waals surface area contributed by atoms with Crippen molar-refractivity contribution >= 4 is 12.0 Å². The van der Waals surface area contributed by atoms with E-state index >= 15 is 0 Å². The molecule has 0 amide bonds. The molecule has 0 radical (unpaired) electrons. The van der Waals surface area contributed by atoms with Crippen LogP contribution in [0.1, 0.15) is 10.4 Å². The van der Waals surface area contributed by atoms with Gasteiger partial charge in [-0.3, -0.25) is 9.78 Å². The maximum absolute atomic E-state index is 12.9. The number of aldehydes is 1. The van der Waals surface area contributed by atoms with Crippen LogP contribution in [0.3, 0.4) is 0 Å². The smallest absolute Gasteiger partial charge is 0.151 e. The van der Waals surface area contributed by atoms with E-state index in [-0.39, 0.29) is 5.69 Å². The lowest BCUT2D eigenvalue weighted by Crippen LogP contribution is -1.92. The van der Waals surface area contributed by atoms with E-state index in [2.05, 4.69) is 4.98 Å². The molecule has 0 bridgehead atoms. The molecule has 0 fully saturated rings. The Morgan fingerprint density at radius 1 is 1.25 bits per heavy atom. The van der Waals surface area contributed by atoms with Crippen molar-refractivity contribution in [2.45, 2.75) is 0 Å². The number of carbonyl (C=O) groups excluding carboxylic acids is 1. The molecule has 0 saturated heterocycles. The zero-order chi connectivity index (χ0) is 11.5. The molecule has 0 unspecified atom stereocenters. The van der Waals surface area contributed by atoms with Gasteiger partial charge in [0.1, 0.15) is 5.82 Å². The standard InChI is InChI=1S/C12H9FN2O/c13-10-3-2-9(5-11(10)14)12-4-1-8(7-16)6-15-12/h1-7H,14H2. The van der Waals surface area contributed by atoms with Gasteiger partial charge in [-0.15, -0.1) is 0 Å². The molecule has 1 aromatic carbocycles. The van der Waals surface area contributed by atoms with E-state index in [1.54, 1.807) is 18.2 Å². The predicted molar refractivity (Wildman–Crippen MR) is 59.4 cm³/mol. The second-order valence-corrected chi connectivity index (χ2v) is 3.33. The Morgan fingerprint density at radius 2 is 2.06 bits per heavy atom. The fraction of sp³-hybridized carbons (Fsp3) is 0. The average Bonchev–Trinajstić information content (AvgIpc) is 2.33. The summed E-state index contributed by atoms with van der Waals surface area (Å²) in [6.07, 6.45) is 2.18. The molecule has 0 aliphatic carbocycles. The number of nitrogens with zero attached hydrogens (tertiary/aromatic N) is 1.